The van der Waals surface area contributed by atoms with Crippen LogP contribution in [-0.2, 0) is 35.7 Å². The molecule has 0 saturated heterocycles. The molecule has 0 radical (unpaired) electrons. The van der Waals surface area contributed by atoms with Crippen molar-refractivity contribution < 1.29 is 109 Å². The lowest BCUT2D eigenvalue weighted by atomic mass is 10.1. The van der Waals surface area contributed by atoms with E-state index in [0.717, 1.165) is 53.1 Å². The number of aromatic hydroxyl groups is 2. The van der Waals surface area contributed by atoms with E-state index < -0.39 is 60.7 Å². The number of carboxylic acids is 1. The van der Waals surface area contributed by atoms with Crippen molar-refractivity contribution in [2.45, 2.75) is 17.4 Å². The number of methoxy groups -OCH3 is 1. The molecule has 0 aliphatic rings. The number of nitro groups is 1. The van der Waals surface area contributed by atoms with Crippen LogP contribution < -0.4 is 27.0 Å². The molecule has 682 valence electrons. The summed E-state index contributed by atoms with van der Waals surface area (Å²) in [7, 11) is 3.55. The zero-order chi connectivity index (χ0) is 95.4. The quantitative estimate of drug-likeness (QED) is 0.00530. The van der Waals surface area contributed by atoms with E-state index in [0.29, 0.717) is 125 Å². The van der Waals surface area contributed by atoms with Crippen molar-refractivity contribution in [1.29, 1.82) is 0 Å². The van der Waals surface area contributed by atoms with Crippen LogP contribution >= 0.6 is 24.0 Å². The monoisotopic (exact) mass is 1880 g/mol. The van der Waals surface area contributed by atoms with Gasteiger partial charge in [0.25, 0.3) is 16.0 Å². The van der Waals surface area contributed by atoms with E-state index in [-0.39, 0.29) is 85.9 Å². The van der Waals surface area contributed by atoms with Gasteiger partial charge in [-0.15, -0.1) is 0 Å². The highest BCUT2D eigenvalue weighted by Gasteiger charge is 2.21. The number of anilines is 7. The first-order valence-corrected chi connectivity index (χ1v) is 41.8. The van der Waals surface area contributed by atoms with Crippen LogP contribution in [0.4, 0.5) is 82.4 Å². The van der Waals surface area contributed by atoms with Gasteiger partial charge in [-0.2, -0.15) is 19.9 Å². The molecule has 0 aliphatic heterocycles. The maximum absolute atomic E-state index is 13.3. The number of H-pyrrole nitrogens is 1. The summed E-state index contributed by atoms with van der Waals surface area (Å²) in [6.07, 6.45) is 2.84. The van der Waals surface area contributed by atoms with Crippen LogP contribution in [0.5, 0.6) is 11.5 Å². The Morgan fingerprint density at radius 3 is 1.28 bits per heavy atom. The summed E-state index contributed by atoms with van der Waals surface area (Å²) in [5.41, 5.74) is 15.6. The number of benzene rings is 11. The van der Waals surface area contributed by atoms with Gasteiger partial charge in [0.05, 0.1) is 67.5 Å². The van der Waals surface area contributed by atoms with Crippen molar-refractivity contribution in [1.82, 2.24) is 63.9 Å². The van der Waals surface area contributed by atoms with Crippen LogP contribution in [0.25, 0.3) is 99.7 Å². The largest absolute Gasteiger partial charge is 0.506 e. The highest BCUT2D eigenvalue weighted by molar-refractivity contribution is 7.98. The number of nitro benzene ring substituents is 1. The number of carbonyl (C=O) groups excluding carboxylic acids is 2. The Hall–Kier alpha value is -16.6. The van der Waals surface area contributed by atoms with E-state index >= 15 is 0 Å². The first-order valence-electron chi connectivity index (χ1n) is 38.3. The Bertz CT molecular complexity index is 7790. The van der Waals surface area contributed by atoms with Gasteiger partial charge in [-0.05, 0) is 177 Å². The van der Waals surface area contributed by atoms with Crippen LogP contribution in [0.2, 0.25) is 0 Å². The van der Waals surface area contributed by atoms with Crippen LogP contribution in [0.15, 0.2) is 237 Å². The fourth-order valence-electron chi connectivity index (χ4n) is 12.0. The van der Waals surface area contributed by atoms with E-state index in [1.54, 1.807) is 55.1 Å². The molecule has 1 amide bonds. The van der Waals surface area contributed by atoms with Crippen LogP contribution in [0.1, 0.15) is 38.0 Å². The number of fused-ring (bicyclic) bond motifs is 9. The number of ketones is 1. The van der Waals surface area contributed by atoms with Crippen molar-refractivity contribution in [3.05, 3.63) is 278 Å². The van der Waals surface area contributed by atoms with Crippen LogP contribution in [-0.4, -0.2) is 138 Å². The van der Waals surface area contributed by atoms with Gasteiger partial charge in [-0.1, -0.05) is 11.8 Å². The predicted molar refractivity (Wildman–Crippen MR) is 476 cm³/mol. The smallest absolute Gasteiger partial charge is 0.335 e. The minimum absolute atomic E-state index is 0.0157. The Balaban J connectivity index is 0.000000133. The van der Waals surface area contributed by atoms with Gasteiger partial charge in [0.2, 0.25) is 27.7 Å². The number of halogens is 8. The number of phenols is 2. The molecule has 9 aromatic heterocycles. The number of oxazole rings is 6. The minimum atomic E-state index is -3.48. The number of Topliss-reactive ketones (excluding diaryl/α,β-unsaturated/α-hetero) is 1. The molecule has 11 aromatic carbocycles. The number of aryl methyl sites for hydroxylation is 3. The molecule has 133 heavy (non-hydrogen) atoms. The number of aromatic nitrogens is 12. The van der Waals surface area contributed by atoms with E-state index in [1.807, 2.05) is 41.6 Å². The van der Waals surface area contributed by atoms with Gasteiger partial charge in [-0.3, -0.25) is 35.7 Å². The maximum atomic E-state index is 13.3. The number of nitrogens with zero attached hydrogens (tertiary/aromatic N) is 12. The average Bonchev–Trinajstić information content (AvgIpc) is 1.65. The molecule has 0 aliphatic carbocycles. The molecule has 20 rings (SSSR count). The Morgan fingerprint density at radius 1 is 0.489 bits per heavy atom. The predicted octanol–water partition coefficient (Wildman–Crippen LogP) is 19.3. The van der Waals surface area contributed by atoms with E-state index in [2.05, 4.69) is 66.1 Å². The number of nitrogens with one attached hydrogen (secondary N) is 5. The lowest BCUT2D eigenvalue weighted by Gasteiger charge is -2.04. The van der Waals surface area contributed by atoms with Gasteiger partial charge < -0.3 is 76.3 Å². The van der Waals surface area contributed by atoms with Gasteiger partial charge in [0, 0.05) is 94.6 Å². The van der Waals surface area contributed by atoms with Crippen molar-refractivity contribution in [3.8, 4) is 11.5 Å². The lowest BCUT2D eigenvalue weighted by molar-refractivity contribution is -0.386. The number of sulfone groups is 1. The molecule has 10 N–H and O–H groups in total. The standard InChI is InChI=1S/C19H18FN5O3.C17H13FN4O2.C16H11FN4O3.C8H6FNO3S.C8H6FNOS.C7H4FNOS.C6H4FNO3.C6H6FNO/c1-25-15-5-3-11(17(26)21-7-8-27-2)9-13(15)22-18(25)24-19-23-14-10-12(20)4-6-16(14)28-19;1-9(23)10-3-5-14-12(7-10)19-16(22(14)2)21-17-20-13-8-11(18)4-6-15(13)24-17;1-21-12-4-2-8(14(22)23)6-10(12)18-15(21)20-16-19-11-7-9(17)3-5-13(11)24-16;1-14(11,12)8-10-6-4-5(9)2-3-7(6)13-8;1-12-8-10-6-4-5(9)2-3-7(6)11-8;8-4-1-2-6-5(3-4)9-7(11)10-6;7-4-1-2-6(9)5(3-4)8(10)11;7-4-1-2-6(9)5(8)3-4/h3-6,9-10H,7-8H2,1-2H3,(H,21,26)(H,22,23,24);3-8H,1-2H3,(H,19,20,21);2-7H,1H3,(H,22,23)(H,18,19,20);2-4H,1H3;2-4H,1H3;1-3H,(H,9,11);1-3,9H;1-3,9H,8H2. The normalized spacial score (nSPS) is 11.0. The summed E-state index contributed by atoms with van der Waals surface area (Å²) < 4.78 is 166. The van der Waals surface area contributed by atoms with Crippen molar-refractivity contribution >= 4 is 198 Å². The zero-order valence-corrected chi connectivity index (χ0v) is 72.2. The summed E-state index contributed by atoms with van der Waals surface area (Å²) in [6.45, 7) is 2.39. The third kappa shape index (κ3) is 23.5. The number of hydrogen-bond donors (Lipinski definition) is 9. The molecular weight excluding hydrogens is 1820 g/mol. The molecule has 0 atom stereocenters. The minimum Gasteiger partial charge on any atom is -0.506 e. The van der Waals surface area contributed by atoms with Gasteiger partial charge in [-0.25, -0.2) is 68.3 Å². The Labute approximate surface area is 750 Å². The number of phenolic OH excluding ortho intramolecular Hbond substituents is 2. The summed E-state index contributed by atoms with van der Waals surface area (Å²) in [6, 6.07) is 46.3. The van der Waals surface area contributed by atoms with E-state index in [1.165, 1.54) is 134 Å². The van der Waals surface area contributed by atoms with Gasteiger partial charge >= 0.3 is 34.9 Å². The molecule has 9 heterocycles. The second kappa shape index (κ2) is 40.8. The Kier molecular flexibility index (Phi) is 28.8. The lowest BCUT2D eigenvalue weighted by Crippen LogP contribution is -2.26. The van der Waals surface area contributed by atoms with Crippen molar-refractivity contribution in [3.63, 3.8) is 0 Å². The topological polar surface area (TPSA) is 485 Å². The molecule has 20 aromatic rings. The van der Waals surface area contributed by atoms with E-state index in [9.17, 15) is 68.0 Å². The Morgan fingerprint density at radius 2 is 0.865 bits per heavy atom. The molecule has 0 fully saturated rings. The number of carbonyl (C=O) groups is 3. The highest BCUT2D eigenvalue weighted by atomic mass is 32.2. The van der Waals surface area contributed by atoms with Crippen molar-refractivity contribution in [2.75, 3.05) is 54.5 Å². The second-order valence-corrected chi connectivity index (χ2v) is 30.9. The number of amides is 1. The number of ether oxygens (including phenoxy) is 1. The molecule has 35 nitrogen and oxygen atoms in total. The van der Waals surface area contributed by atoms with Gasteiger partial charge in [0.1, 0.15) is 79.9 Å². The zero-order valence-electron chi connectivity index (χ0n) is 69.7. The molecule has 0 unspecified atom stereocenters. The summed E-state index contributed by atoms with van der Waals surface area (Å²) in [5.74, 6) is -3.82. The number of imidazole rings is 3. The molecule has 0 spiro atoms. The fourth-order valence-corrected chi connectivity index (χ4v) is 13.1. The number of carboxylic acid groups (broad SMARTS) is 1. The second-order valence-electron chi connectivity index (χ2n) is 27.9. The fraction of sp³-hybridized carbons (Fsp3) is 0.103. The first-order chi connectivity index (χ1) is 63.4. The first kappa shape index (κ1) is 94.0. The van der Waals surface area contributed by atoms with E-state index in [4.69, 9.17) is 64.5 Å². The van der Waals surface area contributed by atoms with Gasteiger partial charge in [0.15, 0.2) is 45.0 Å². The van der Waals surface area contributed by atoms with Crippen LogP contribution in [0, 0.1) is 61.5 Å². The average molecular weight is 1890 g/mol. The summed E-state index contributed by atoms with van der Waals surface area (Å²) in [4.78, 5) is 80.5. The molecule has 0 bridgehead atoms. The number of rotatable bonds is 15. The molecule has 0 saturated carbocycles. The summed E-state index contributed by atoms with van der Waals surface area (Å²) in [5, 5.41) is 48.5. The number of thioether (sulfide) groups is 1. The third-order valence-corrected chi connectivity index (χ3v) is 20.0. The number of hydrogen-bond acceptors (Lipinski definition) is 30. The molecular formula is C87H68F8N18O17S3. The third-order valence-electron chi connectivity index (χ3n) is 18.5. The maximum Gasteiger partial charge on any atom is 0.335 e. The highest BCUT2D eigenvalue weighted by Crippen LogP contribution is 2.33. The van der Waals surface area contributed by atoms with Crippen LogP contribution in [0.3, 0.4) is 0 Å². The molecule has 46 heteroatoms. The number of aromatic amines is 1. The van der Waals surface area contributed by atoms with Crippen molar-refractivity contribution in [2.24, 2.45) is 21.1 Å². The summed E-state index contributed by atoms with van der Waals surface area (Å²) >= 11 is 6.11. The number of nitrogens with two attached hydrogens (primary N) is 1. The SMILES string of the molecule is CC(=O)c1ccc2c(c1)nc(Nc1nc3cc(F)ccc3o1)n2C.COCCNC(=O)c1ccc2c(c1)nc(Nc1nc3cc(F)ccc3o1)n2C.CS(=O)(=O)c1nc2cc(F)ccc2o1.CSc1nc2cc(F)ccc2o1.Cn1c(Nc2nc3cc(F)ccc3o2)nc2cc(C(=O)O)ccc21.Fc1ccc2oc(=S)[nH]c2c1.Nc1cc(F)ccc1O.O=[N+]([O-])c1cc(F)ccc1O. The number of nitrogen functional groups attached to an aromatic ring is 1. The number of aromatic carboxylic acids is 1.